The van der Waals surface area contributed by atoms with E-state index in [0.717, 1.165) is 58.5 Å². The number of hydrogen-bond acceptors (Lipinski definition) is 4. The van der Waals surface area contributed by atoms with Crippen molar-refractivity contribution in [2.45, 2.75) is 57.3 Å². The van der Waals surface area contributed by atoms with Crippen molar-refractivity contribution in [2.24, 2.45) is 0 Å². The van der Waals surface area contributed by atoms with Gasteiger partial charge in [-0.1, -0.05) is 0 Å². The lowest BCUT2D eigenvalue weighted by molar-refractivity contribution is -0.119. The molecule has 0 bridgehead atoms. The van der Waals surface area contributed by atoms with E-state index in [-0.39, 0.29) is 30.4 Å². The van der Waals surface area contributed by atoms with Gasteiger partial charge in [0.15, 0.2) is 0 Å². The molecule has 3 heterocycles. The van der Waals surface area contributed by atoms with Crippen LogP contribution >= 0.6 is 24.8 Å². The van der Waals surface area contributed by atoms with E-state index in [1.165, 1.54) is 5.82 Å². The summed E-state index contributed by atoms with van der Waals surface area (Å²) in [7, 11) is 2.24. The molecule has 0 radical (unpaired) electrons. The van der Waals surface area contributed by atoms with Crippen LogP contribution in [0.25, 0.3) is 0 Å². The molecule has 0 amide bonds. The molecule has 2 fully saturated rings. The van der Waals surface area contributed by atoms with E-state index < -0.39 is 0 Å². The van der Waals surface area contributed by atoms with Crippen molar-refractivity contribution in [1.82, 2.24) is 19.8 Å². The molecule has 0 aliphatic carbocycles. The number of ether oxygens (including phenoxy) is 1. The summed E-state index contributed by atoms with van der Waals surface area (Å²) in [6.07, 6.45) is 8.59. The van der Waals surface area contributed by atoms with Crippen molar-refractivity contribution in [3.05, 3.63) is 18.2 Å². The van der Waals surface area contributed by atoms with Gasteiger partial charge in [0, 0.05) is 31.6 Å². The molecular weight excluding hydrogens is 335 g/mol. The van der Waals surface area contributed by atoms with E-state index >= 15 is 0 Å². The summed E-state index contributed by atoms with van der Waals surface area (Å²) >= 11 is 0. The quantitative estimate of drug-likeness (QED) is 0.890. The molecule has 1 atom stereocenters. The van der Waals surface area contributed by atoms with E-state index in [4.69, 9.17) is 4.74 Å². The predicted molar refractivity (Wildman–Crippen MR) is 97.7 cm³/mol. The maximum absolute atomic E-state index is 6.18. The van der Waals surface area contributed by atoms with Crippen LogP contribution in [0.15, 0.2) is 12.4 Å². The highest BCUT2D eigenvalue weighted by molar-refractivity contribution is 5.85. The van der Waals surface area contributed by atoms with Crippen LogP contribution < -0.4 is 5.32 Å². The average Bonchev–Trinajstić information content (AvgIpc) is 2.95. The largest absolute Gasteiger partial charge is 0.375 e. The van der Waals surface area contributed by atoms with Crippen LogP contribution in [0.3, 0.4) is 0 Å². The minimum absolute atomic E-state index is 0. The summed E-state index contributed by atoms with van der Waals surface area (Å²) in [6, 6.07) is 0.610. The summed E-state index contributed by atoms with van der Waals surface area (Å²) < 4.78 is 8.41. The number of aromatic nitrogens is 2. The Morgan fingerprint density at radius 1 is 1.39 bits per heavy atom. The van der Waals surface area contributed by atoms with E-state index in [1.807, 2.05) is 6.20 Å². The van der Waals surface area contributed by atoms with Gasteiger partial charge in [0.25, 0.3) is 0 Å². The Balaban J connectivity index is 0.00000132. The van der Waals surface area contributed by atoms with Crippen molar-refractivity contribution in [3.63, 3.8) is 0 Å². The standard InChI is InChI=1S/C16H28N4O.2ClH/c1-3-20-10-9-18-15(20)13-19(2)14-4-11-21-16(12-14)5-7-17-8-6-16;;/h9-10,14,17H,3-8,11-13H2,1-2H3;2*1H. The minimum Gasteiger partial charge on any atom is -0.375 e. The first-order chi connectivity index (χ1) is 10.2. The molecule has 23 heavy (non-hydrogen) atoms. The maximum Gasteiger partial charge on any atom is 0.122 e. The summed E-state index contributed by atoms with van der Waals surface area (Å²) in [4.78, 5) is 6.98. The molecule has 1 spiro atoms. The summed E-state index contributed by atoms with van der Waals surface area (Å²) in [5.74, 6) is 1.17. The highest BCUT2D eigenvalue weighted by Crippen LogP contribution is 2.34. The lowest BCUT2D eigenvalue weighted by Crippen LogP contribution is -2.52. The fourth-order valence-electron chi connectivity index (χ4n) is 3.74. The first-order valence-corrected chi connectivity index (χ1v) is 8.27. The Hall–Kier alpha value is -0.330. The second-order valence-electron chi connectivity index (χ2n) is 6.47. The molecule has 2 aliphatic rings. The van der Waals surface area contributed by atoms with Crippen LogP contribution in [0.1, 0.15) is 38.4 Å². The Bertz CT molecular complexity index is 457. The summed E-state index contributed by atoms with van der Waals surface area (Å²) in [5, 5.41) is 3.44. The van der Waals surface area contributed by atoms with E-state index in [0.29, 0.717) is 6.04 Å². The van der Waals surface area contributed by atoms with Crippen molar-refractivity contribution < 1.29 is 4.74 Å². The predicted octanol–water partition coefficient (Wildman–Crippen LogP) is 2.48. The molecule has 1 aromatic rings. The Morgan fingerprint density at radius 2 is 2.13 bits per heavy atom. The van der Waals surface area contributed by atoms with Gasteiger partial charge in [0.2, 0.25) is 0 Å². The molecule has 0 saturated carbocycles. The molecule has 5 nitrogen and oxygen atoms in total. The van der Waals surface area contributed by atoms with Crippen molar-refractivity contribution >= 4 is 24.8 Å². The SMILES string of the molecule is CCn1ccnc1CN(C)C1CCOC2(CCNCC2)C1.Cl.Cl. The van der Waals surface area contributed by atoms with Gasteiger partial charge >= 0.3 is 0 Å². The zero-order valence-corrected chi connectivity index (χ0v) is 15.8. The van der Waals surface area contributed by atoms with E-state index in [2.05, 4.69) is 39.9 Å². The number of halogens is 2. The van der Waals surface area contributed by atoms with Gasteiger partial charge in [-0.25, -0.2) is 4.98 Å². The topological polar surface area (TPSA) is 42.3 Å². The van der Waals surface area contributed by atoms with Crippen molar-refractivity contribution in [1.29, 1.82) is 0 Å². The van der Waals surface area contributed by atoms with Crippen LogP contribution in [-0.2, 0) is 17.8 Å². The van der Waals surface area contributed by atoms with Crippen molar-refractivity contribution in [2.75, 3.05) is 26.7 Å². The van der Waals surface area contributed by atoms with Gasteiger partial charge in [0.1, 0.15) is 5.82 Å². The minimum atomic E-state index is 0. The normalized spacial score (nSPS) is 23.3. The zero-order valence-electron chi connectivity index (χ0n) is 14.2. The Kier molecular flexibility index (Phi) is 8.31. The number of aryl methyl sites for hydroxylation is 1. The molecule has 1 N–H and O–H groups in total. The van der Waals surface area contributed by atoms with Gasteiger partial charge in [-0.15, -0.1) is 24.8 Å². The molecule has 1 aromatic heterocycles. The number of piperidine rings is 1. The highest BCUT2D eigenvalue weighted by atomic mass is 35.5. The summed E-state index contributed by atoms with van der Waals surface area (Å²) in [6.45, 7) is 7.18. The van der Waals surface area contributed by atoms with Gasteiger partial charge in [0.05, 0.1) is 12.1 Å². The molecule has 3 rings (SSSR count). The average molecular weight is 365 g/mol. The molecular formula is C16H30Cl2N4O. The lowest BCUT2D eigenvalue weighted by Gasteiger charge is -2.46. The second kappa shape index (κ2) is 9.23. The van der Waals surface area contributed by atoms with Crippen LogP contribution in [0, 0.1) is 0 Å². The maximum atomic E-state index is 6.18. The second-order valence-corrected chi connectivity index (χ2v) is 6.47. The van der Waals surface area contributed by atoms with Crippen LogP contribution in [0.5, 0.6) is 0 Å². The van der Waals surface area contributed by atoms with E-state index in [9.17, 15) is 0 Å². The van der Waals surface area contributed by atoms with Crippen molar-refractivity contribution in [3.8, 4) is 0 Å². The highest BCUT2D eigenvalue weighted by Gasteiger charge is 2.39. The Labute approximate surface area is 152 Å². The Morgan fingerprint density at radius 3 is 2.83 bits per heavy atom. The fourth-order valence-corrected chi connectivity index (χ4v) is 3.74. The smallest absolute Gasteiger partial charge is 0.122 e. The lowest BCUT2D eigenvalue weighted by atomic mass is 9.82. The number of imidazole rings is 1. The molecule has 7 heteroatoms. The van der Waals surface area contributed by atoms with Crippen LogP contribution in [0.2, 0.25) is 0 Å². The number of nitrogens with one attached hydrogen (secondary N) is 1. The molecule has 2 saturated heterocycles. The van der Waals surface area contributed by atoms with Crippen LogP contribution in [-0.4, -0.2) is 52.8 Å². The third kappa shape index (κ3) is 4.83. The number of nitrogens with zero attached hydrogens (tertiary/aromatic N) is 3. The third-order valence-corrected chi connectivity index (χ3v) is 5.14. The zero-order chi connectivity index (χ0) is 14.7. The molecule has 1 unspecified atom stereocenters. The third-order valence-electron chi connectivity index (χ3n) is 5.14. The van der Waals surface area contributed by atoms with Gasteiger partial charge < -0.3 is 14.6 Å². The van der Waals surface area contributed by atoms with Crippen LogP contribution in [0.4, 0.5) is 0 Å². The molecule has 0 aromatic carbocycles. The molecule has 2 aliphatic heterocycles. The monoisotopic (exact) mass is 364 g/mol. The van der Waals surface area contributed by atoms with E-state index in [1.54, 1.807) is 0 Å². The van der Waals surface area contributed by atoms with Gasteiger partial charge in [-0.05, 0) is 52.7 Å². The number of hydrogen-bond donors (Lipinski definition) is 1. The first-order valence-electron chi connectivity index (χ1n) is 8.27. The van der Waals surface area contributed by atoms with Gasteiger partial charge in [-0.3, -0.25) is 4.90 Å². The first kappa shape index (κ1) is 20.7. The molecule has 134 valence electrons. The fraction of sp³-hybridized carbons (Fsp3) is 0.812. The summed E-state index contributed by atoms with van der Waals surface area (Å²) in [5.41, 5.74) is 0.128. The van der Waals surface area contributed by atoms with Gasteiger partial charge in [-0.2, -0.15) is 0 Å². The number of rotatable bonds is 4.